The van der Waals surface area contributed by atoms with Crippen molar-refractivity contribution in [3.8, 4) is 0 Å². The molecule has 1 rings (SSSR count). The minimum atomic E-state index is -0.295. The molecule has 120 valence electrons. The van der Waals surface area contributed by atoms with E-state index in [-0.39, 0.29) is 18.2 Å². The van der Waals surface area contributed by atoms with Gasteiger partial charge in [-0.3, -0.25) is 4.84 Å². The molecule has 1 atom stereocenters. The summed E-state index contributed by atoms with van der Waals surface area (Å²) in [6, 6.07) is 9.93. The summed E-state index contributed by atoms with van der Waals surface area (Å²) < 4.78 is 0. The lowest BCUT2D eigenvalue weighted by Crippen LogP contribution is -2.44. The van der Waals surface area contributed by atoms with Crippen molar-refractivity contribution in [2.45, 2.75) is 65.0 Å². The van der Waals surface area contributed by atoms with Crippen molar-refractivity contribution in [1.82, 2.24) is 5.06 Å². The number of hydroxylamine groups is 2. The van der Waals surface area contributed by atoms with Crippen molar-refractivity contribution in [1.29, 1.82) is 0 Å². The molecule has 0 aromatic heterocycles. The number of benzene rings is 1. The van der Waals surface area contributed by atoms with Gasteiger partial charge in [-0.1, -0.05) is 63.4 Å². The van der Waals surface area contributed by atoms with Gasteiger partial charge in [0.15, 0.2) is 0 Å². The number of hydrogen-bond acceptors (Lipinski definition) is 3. The summed E-state index contributed by atoms with van der Waals surface area (Å²) in [5.41, 5.74) is 0.995. The van der Waals surface area contributed by atoms with Crippen LogP contribution in [0.4, 0.5) is 0 Å². The van der Waals surface area contributed by atoms with E-state index in [9.17, 15) is 5.11 Å². The van der Waals surface area contributed by atoms with Crippen LogP contribution >= 0.6 is 0 Å². The summed E-state index contributed by atoms with van der Waals surface area (Å²) in [4.78, 5) is 6.11. The van der Waals surface area contributed by atoms with Crippen molar-refractivity contribution in [2.24, 2.45) is 0 Å². The van der Waals surface area contributed by atoms with Crippen LogP contribution in [0.15, 0.2) is 30.3 Å². The number of aliphatic hydroxyl groups excluding tert-OH is 1. The Hall–Kier alpha value is -0.900. The minimum Gasteiger partial charge on any atom is -0.393 e. The van der Waals surface area contributed by atoms with Gasteiger partial charge >= 0.3 is 0 Å². The fraction of sp³-hybridized carbons (Fsp3) is 0.667. The Balaban J connectivity index is 2.70. The van der Waals surface area contributed by atoms with Gasteiger partial charge < -0.3 is 5.11 Å². The number of hydrogen-bond donors (Lipinski definition) is 1. The molecule has 0 saturated carbocycles. The van der Waals surface area contributed by atoms with E-state index in [2.05, 4.69) is 27.7 Å². The second-order valence-corrected chi connectivity index (χ2v) is 6.15. The zero-order valence-electron chi connectivity index (χ0n) is 14.0. The fourth-order valence-corrected chi connectivity index (χ4v) is 2.60. The van der Waals surface area contributed by atoms with E-state index in [4.69, 9.17) is 4.84 Å². The third-order valence-corrected chi connectivity index (χ3v) is 3.95. The number of rotatable bonds is 10. The molecular weight excluding hydrogens is 262 g/mol. The second kappa shape index (κ2) is 9.19. The van der Waals surface area contributed by atoms with Crippen LogP contribution in [-0.4, -0.2) is 28.9 Å². The third kappa shape index (κ3) is 5.77. The largest absolute Gasteiger partial charge is 0.393 e. The molecule has 1 unspecified atom stereocenters. The normalized spacial score (nSPS) is 13.6. The Bertz CT molecular complexity index is 378. The molecule has 0 aliphatic heterocycles. The van der Waals surface area contributed by atoms with E-state index in [1.165, 1.54) is 19.3 Å². The lowest BCUT2D eigenvalue weighted by molar-refractivity contribution is -0.254. The Kier molecular flexibility index (Phi) is 7.94. The molecule has 1 N–H and O–H groups in total. The molecule has 0 radical (unpaired) electrons. The third-order valence-electron chi connectivity index (χ3n) is 3.95. The van der Waals surface area contributed by atoms with Gasteiger partial charge in [-0.15, -0.1) is 0 Å². The van der Waals surface area contributed by atoms with Crippen LogP contribution in [0.5, 0.6) is 0 Å². The van der Waals surface area contributed by atoms with Gasteiger partial charge in [-0.2, -0.15) is 5.06 Å². The molecule has 3 heteroatoms. The van der Waals surface area contributed by atoms with Gasteiger partial charge in [-0.05, 0) is 25.8 Å². The van der Waals surface area contributed by atoms with Gasteiger partial charge in [0.2, 0.25) is 0 Å². The molecule has 0 saturated heterocycles. The SMILES string of the molecule is CCCCCC(C)(C)N(CC)OC(CO)c1ccccc1. The van der Waals surface area contributed by atoms with Crippen molar-refractivity contribution < 1.29 is 9.94 Å². The molecule has 0 aliphatic rings. The van der Waals surface area contributed by atoms with Crippen LogP contribution in [0.25, 0.3) is 0 Å². The van der Waals surface area contributed by atoms with Crippen molar-refractivity contribution in [2.75, 3.05) is 13.2 Å². The highest BCUT2D eigenvalue weighted by atomic mass is 16.7. The monoisotopic (exact) mass is 293 g/mol. The first-order valence-corrected chi connectivity index (χ1v) is 8.15. The average molecular weight is 293 g/mol. The van der Waals surface area contributed by atoms with E-state index in [1.54, 1.807) is 0 Å². The first-order chi connectivity index (χ1) is 10.0. The average Bonchev–Trinajstić information content (AvgIpc) is 2.49. The second-order valence-electron chi connectivity index (χ2n) is 6.15. The van der Waals surface area contributed by atoms with Gasteiger partial charge in [0, 0.05) is 12.1 Å². The predicted molar refractivity (Wildman–Crippen MR) is 88.0 cm³/mol. The van der Waals surface area contributed by atoms with E-state index < -0.39 is 0 Å². The Labute approximate surface area is 129 Å². The molecule has 21 heavy (non-hydrogen) atoms. The minimum absolute atomic E-state index is 0.00838. The van der Waals surface area contributed by atoms with E-state index in [1.807, 2.05) is 35.4 Å². The molecule has 0 bridgehead atoms. The lowest BCUT2D eigenvalue weighted by Gasteiger charge is -2.39. The van der Waals surface area contributed by atoms with Crippen LogP contribution in [0.1, 0.15) is 65.0 Å². The van der Waals surface area contributed by atoms with Crippen LogP contribution in [0.3, 0.4) is 0 Å². The molecular formula is C18H31NO2. The highest BCUT2D eigenvalue weighted by molar-refractivity contribution is 5.17. The maximum atomic E-state index is 9.65. The zero-order chi connectivity index (χ0) is 15.7. The standard InChI is InChI=1S/C18H31NO2/c1-5-7-11-14-18(3,4)19(6-2)21-17(15-20)16-12-9-8-10-13-16/h8-10,12-13,17,20H,5-7,11,14-15H2,1-4H3. The maximum Gasteiger partial charge on any atom is 0.127 e. The highest BCUT2D eigenvalue weighted by Crippen LogP contribution is 2.27. The first-order valence-electron chi connectivity index (χ1n) is 8.15. The van der Waals surface area contributed by atoms with Crippen LogP contribution in [0.2, 0.25) is 0 Å². The summed E-state index contributed by atoms with van der Waals surface area (Å²) in [7, 11) is 0. The molecule has 0 spiro atoms. The maximum absolute atomic E-state index is 9.65. The summed E-state index contributed by atoms with van der Waals surface area (Å²) in [5.74, 6) is 0. The molecule has 1 aromatic carbocycles. The Morgan fingerprint density at radius 3 is 2.33 bits per heavy atom. The molecule has 0 heterocycles. The highest BCUT2D eigenvalue weighted by Gasteiger charge is 2.28. The zero-order valence-corrected chi connectivity index (χ0v) is 14.0. The van der Waals surface area contributed by atoms with Gasteiger partial charge in [0.25, 0.3) is 0 Å². The van der Waals surface area contributed by atoms with E-state index in [0.29, 0.717) is 0 Å². The first kappa shape index (κ1) is 18.1. The lowest BCUT2D eigenvalue weighted by atomic mass is 9.96. The number of nitrogens with zero attached hydrogens (tertiary/aromatic N) is 1. The van der Waals surface area contributed by atoms with Gasteiger partial charge in [-0.25, -0.2) is 0 Å². The van der Waals surface area contributed by atoms with E-state index in [0.717, 1.165) is 18.5 Å². The molecule has 0 aliphatic carbocycles. The van der Waals surface area contributed by atoms with Gasteiger partial charge in [0.05, 0.1) is 6.61 Å². The smallest absolute Gasteiger partial charge is 0.127 e. The molecule has 1 aromatic rings. The van der Waals surface area contributed by atoms with Crippen LogP contribution in [0, 0.1) is 0 Å². The topological polar surface area (TPSA) is 32.7 Å². The molecule has 3 nitrogen and oxygen atoms in total. The summed E-state index contributed by atoms with van der Waals surface area (Å²) in [6.45, 7) is 9.55. The van der Waals surface area contributed by atoms with Crippen molar-refractivity contribution in [3.05, 3.63) is 35.9 Å². The summed E-state index contributed by atoms with van der Waals surface area (Å²) >= 11 is 0. The Morgan fingerprint density at radius 2 is 1.81 bits per heavy atom. The predicted octanol–water partition coefficient (Wildman–Crippen LogP) is 4.33. The Morgan fingerprint density at radius 1 is 1.14 bits per heavy atom. The van der Waals surface area contributed by atoms with E-state index >= 15 is 0 Å². The van der Waals surface area contributed by atoms with Crippen molar-refractivity contribution >= 4 is 0 Å². The van der Waals surface area contributed by atoms with Gasteiger partial charge in [0.1, 0.15) is 6.10 Å². The molecule has 0 amide bonds. The number of aliphatic hydroxyl groups is 1. The fourth-order valence-electron chi connectivity index (χ4n) is 2.60. The van der Waals surface area contributed by atoms with Crippen LogP contribution < -0.4 is 0 Å². The summed E-state index contributed by atoms with van der Waals surface area (Å²) in [6.07, 6.45) is 4.49. The van der Waals surface area contributed by atoms with Crippen molar-refractivity contribution in [3.63, 3.8) is 0 Å². The van der Waals surface area contributed by atoms with Crippen LogP contribution in [-0.2, 0) is 4.84 Å². The molecule has 0 fully saturated rings. The number of unbranched alkanes of at least 4 members (excludes halogenated alkanes) is 2. The quantitative estimate of drug-likeness (QED) is 0.515. The summed E-state index contributed by atoms with van der Waals surface area (Å²) in [5, 5.41) is 11.7.